The fourth-order valence-electron chi connectivity index (χ4n) is 2.75. The van der Waals surface area contributed by atoms with E-state index in [-0.39, 0.29) is 0 Å². The number of benzene rings is 1. The molecule has 0 amide bonds. The zero-order valence-corrected chi connectivity index (χ0v) is 12.4. The van der Waals surface area contributed by atoms with Gasteiger partial charge in [-0.25, -0.2) is 0 Å². The summed E-state index contributed by atoms with van der Waals surface area (Å²) in [7, 11) is 1.65. The molecule has 1 fully saturated rings. The molecule has 1 aromatic carbocycles. The SMILES string of the molecule is CCOc1ccc(CNCC2(O)CCCC2)cc1OC. The number of hydrogen-bond donors (Lipinski definition) is 2. The monoisotopic (exact) mass is 279 g/mol. The van der Waals surface area contributed by atoms with Crippen LogP contribution in [0.5, 0.6) is 11.5 Å². The van der Waals surface area contributed by atoms with Gasteiger partial charge >= 0.3 is 0 Å². The summed E-state index contributed by atoms with van der Waals surface area (Å²) in [5.74, 6) is 1.53. The maximum atomic E-state index is 10.3. The average molecular weight is 279 g/mol. The van der Waals surface area contributed by atoms with E-state index in [9.17, 15) is 5.11 Å². The fraction of sp³-hybridized carbons (Fsp3) is 0.625. The summed E-state index contributed by atoms with van der Waals surface area (Å²) in [5, 5.41) is 13.6. The van der Waals surface area contributed by atoms with Gasteiger partial charge in [0.15, 0.2) is 11.5 Å². The van der Waals surface area contributed by atoms with Crippen molar-refractivity contribution in [2.45, 2.75) is 44.8 Å². The van der Waals surface area contributed by atoms with E-state index in [0.29, 0.717) is 13.2 Å². The van der Waals surface area contributed by atoms with Gasteiger partial charge < -0.3 is 19.9 Å². The first kappa shape index (κ1) is 15.1. The standard InChI is InChI=1S/C16H25NO3/c1-3-20-14-7-6-13(10-15(14)19-2)11-17-12-16(18)8-4-5-9-16/h6-7,10,17-18H,3-5,8-9,11-12H2,1-2H3. The van der Waals surface area contributed by atoms with E-state index in [0.717, 1.165) is 49.3 Å². The van der Waals surface area contributed by atoms with Crippen molar-refractivity contribution in [1.82, 2.24) is 5.32 Å². The topological polar surface area (TPSA) is 50.7 Å². The largest absolute Gasteiger partial charge is 0.493 e. The minimum absolute atomic E-state index is 0.505. The van der Waals surface area contributed by atoms with Crippen LogP contribution in [-0.2, 0) is 6.54 Å². The van der Waals surface area contributed by atoms with Crippen LogP contribution in [0.1, 0.15) is 38.2 Å². The molecule has 0 radical (unpaired) electrons. The third kappa shape index (κ3) is 3.87. The molecule has 20 heavy (non-hydrogen) atoms. The summed E-state index contributed by atoms with van der Waals surface area (Å²) in [6.07, 6.45) is 4.09. The minimum atomic E-state index is -0.505. The Bertz CT molecular complexity index is 428. The number of nitrogens with one attached hydrogen (secondary N) is 1. The Labute approximate surface area is 121 Å². The van der Waals surface area contributed by atoms with Crippen molar-refractivity contribution in [3.63, 3.8) is 0 Å². The van der Waals surface area contributed by atoms with E-state index >= 15 is 0 Å². The van der Waals surface area contributed by atoms with Gasteiger partial charge in [0.1, 0.15) is 0 Å². The first-order chi connectivity index (χ1) is 9.67. The van der Waals surface area contributed by atoms with E-state index in [1.807, 2.05) is 25.1 Å². The molecule has 1 aliphatic carbocycles. The summed E-state index contributed by atoms with van der Waals surface area (Å²) in [5.41, 5.74) is 0.627. The third-order valence-corrected chi connectivity index (χ3v) is 3.85. The molecule has 0 unspecified atom stereocenters. The Morgan fingerprint density at radius 1 is 1.25 bits per heavy atom. The molecule has 0 saturated heterocycles. The van der Waals surface area contributed by atoms with Crippen LogP contribution in [0.4, 0.5) is 0 Å². The normalized spacial score (nSPS) is 17.1. The molecule has 1 aliphatic rings. The van der Waals surface area contributed by atoms with Crippen molar-refractivity contribution in [3.05, 3.63) is 23.8 Å². The predicted molar refractivity (Wildman–Crippen MR) is 79.3 cm³/mol. The molecule has 0 heterocycles. The number of rotatable bonds is 7. The van der Waals surface area contributed by atoms with Gasteiger partial charge in [-0.15, -0.1) is 0 Å². The molecule has 1 saturated carbocycles. The number of hydrogen-bond acceptors (Lipinski definition) is 4. The molecule has 112 valence electrons. The van der Waals surface area contributed by atoms with E-state index < -0.39 is 5.60 Å². The smallest absolute Gasteiger partial charge is 0.161 e. The molecular weight excluding hydrogens is 254 g/mol. The van der Waals surface area contributed by atoms with E-state index in [4.69, 9.17) is 9.47 Å². The molecule has 1 aromatic rings. The van der Waals surface area contributed by atoms with Crippen molar-refractivity contribution in [2.24, 2.45) is 0 Å². The van der Waals surface area contributed by atoms with Gasteiger partial charge in [-0.1, -0.05) is 18.9 Å². The lowest BCUT2D eigenvalue weighted by atomic mass is 10.0. The highest BCUT2D eigenvalue weighted by molar-refractivity contribution is 5.42. The van der Waals surface area contributed by atoms with Crippen LogP contribution in [0.25, 0.3) is 0 Å². The molecule has 0 aliphatic heterocycles. The average Bonchev–Trinajstić information content (AvgIpc) is 2.87. The lowest BCUT2D eigenvalue weighted by molar-refractivity contribution is 0.0475. The molecule has 0 aromatic heterocycles. The van der Waals surface area contributed by atoms with Crippen LogP contribution in [0.15, 0.2) is 18.2 Å². The van der Waals surface area contributed by atoms with Crippen molar-refractivity contribution in [1.29, 1.82) is 0 Å². The van der Waals surface area contributed by atoms with E-state index in [1.54, 1.807) is 7.11 Å². The highest BCUT2D eigenvalue weighted by Gasteiger charge is 2.30. The molecule has 4 nitrogen and oxygen atoms in total. The van der Waals surface area contributed by atoms with Crippen LogP contribution in [-0.4, -0.2) is 31.0 Å². The maximum Gasteiger partial charge on any atom is 0.161 e. The van der Waals surface area contributed by atoms with Crippen molar-refractivity contribution < 1.29 is 14.6 Å². The van der Waals surface area contributed by atoms with Crippen LogP contribution in [0.3, 0.4) is 0 Å². The van der Waals surface area contributed by atoms with Gasteiger partial charge in [0.25, 0.3) is 0 Å². The minimum Gasteiger partial charge on any atom is -0.493 e. The maximum absolute atomic E-state index is 10.3. The lowest BCUT2D eigenvalue weighted by Gasteiger charge is -2.22. The van der Waals surface area contributed by atoms with E-state index in [1.165, 1.54) is 0 Å². The Morgan fingerprint density at radius 3 is 2.65 bits per heavy atom. The highest BCUT2D eigenvalue weighted by Crippen LogP contribution is 2.29. The van der Waals surface area contributed by atoms with Gasteiger partial charge in [-0.2, -0.15) is 0 Å². The third-order valence-electron chi connectivity index (χ3n) is 3.85. The summed E-state index contributed by atoms with van der Waals surface area (Å²) >= 11 is 0. The van der Waals surface area contributed by atoms with Crippen LogP contribution in [0, 0.1) is 0 Å². The predicted octanol–water partition coefficient (Wildman–Crippen LogP) is 2.49. The lowest BCUT2D eigenvalue weighted by Crippen LogP contribution is -2.37. The number of ether oxygens (including phenoxy) is 2. The molecule has 0 atom stereocenters. The molecule has 4 heteroatoms. The Balaban J connectivity index is 1.89. The number of aliphatic hydroxyl groups is 1. The van der Waals surface area contributed by atoms with Gasteiger partial charge in [0, 0.05) is 13.1 Å². The molecular formula is C16H25NO3. The van der Waals surface area contributed by atoms with Crippen LogP contribution >= 0.6 is 0 Å². The van der Waals surface area contributed by atoms with E-state index in [2.05, 4.69) is 5.32 Å². The summed E-state index contributed by atoms with van der Waals surface area (Å²) in [6, 6.07) is 5.94. The molecule has 0 bridgehead atoms. The fourth-order valence-corrected chi connectivity index (χ4v) is 2.75. The Morgan fingerprint density at radius 2 is 2.00 bits per heavy atom. The number of methoxy groups -OCH3 is 1. The van der Waals surface area contributed by atoms with Gasteiger partial charge in [0.2, 0.25) is 0 Å². The first-order valence-corrected chi connectivity index (χ1v) is 7.40. The quantitative estimate of drug-likeness (QED) is 0.805. The highest BCUT2D eigenvalue weighted by atomic mass is 16.5. The molecule has 0 spiro atoms. The van der Waals surface area contributed by atoms with Gasteiger partial charge in [-0.3, -0.25) is 0 Å². The second-order valence-electron chi connectivity index (χ2n) is 5.45. The first-order valence-electron chi connectivity index (χ1n) is 7.40. The van der Waals surface area contributed by atoms with Gasteiger partial charge in [-0.05, 0) is 37.5 Å². The van der Waals surface area contributed by atoms with Gasteiger partial charge in [0.05, 0.1) is 19.3 Å². The zero-order valence-electron chi connectivity index (χ0n) is 12.4. The Kier molecular flexibility index (Phi) is 5.26. The zero-order chi connectivity index (χ0) is 14.4. The second-order valence-corrected chi connectivity index (χ2v) is 5.45. The summed E-state index contributed by atoms with van der Waals surface area (Å²) in [6.45, 7) is 3.96. The second kappa shape index (κ2) is 6.95. The summed E-state index contributed by atoms with van der Waals surface area (Å²) < 4.78 is 10.8. The van der Waals surface area contributed by atoms with Crippen LogP contribution in [0.2, 0.25) is 0 Å². The van der Waals surface area contributed by atoms with Crippen molar-refractivity contribution in [2.75, 3.05) is 20.3 Å². The Hall–Kier alpha value is -1.26. The van der Waals surface area contributed by atoms with Crippen molar-refractivity contribution in [3.8, 4) is 11.5 Å². The summed E-state index contributed by atoms with van der Waals surface area (Å²) in [4.78, 5) is 0. The molecule has 2 N–H and O–H groups in total. The molecule has 2 rings (SSSR count). The van der Waals surface area contributed by atoms with Crippen LogP contribution < -0.4 is 14.8 Å². The van der Waals surface area contributed by atoms with Crippen molar-refractivity contribution >= 4 is 0 Å².